The number of H-pyrrole nitrogens is 1. The zero-order valence-corrected chi connectivity index (χ0v) is 16.1. The lowest BCUT2D eigenvalue weighted by Crippen LogP contribution is -2.31. The summed E-state index contributed by atoms with van der Waals surface area (Å²) in [4.78, 5) is 29.9. The van der Waals surface area contributed by atoms with Crippen molar-refractivity contribution in [1.29, 1.82) is 0 Å². The van der Waals surface area contributed by atoms with E-state index in [2.05, 4.69) is 18.7 Å². The Kier molecular flexibility index (Phi) is 3.70. The van der Waals surface area contributed by atoms with Gasteiger partial charge >= 0.3 is 0 Å². The standard InChI is InChI=1S/C19H21FN4O2S/c1-22(2)11-5-6-23(9-11)15-8-14-12(7-13(15)20)17(25)16-18(26)21-27-19(16)24(14)10-3-4-10/h7-8,10-11H,3-6,9H2,1-2H3,(H,21,26). The van der Waals surface area contributed by atoms with E-state index in [4.69, 9.17) is 0 Å². The van der Waals surface area contributed by atoms with E-state index in [9.17, 15) is 14.0 Å². The number of pyridine rings is 1. The van der Waals surface area contributed by atoms with Crippen molar-refractivity contribution >= 4 is 38.3 Å². The maximum absolute atomic E-state index is 15.0. The normalized spacial score (nSPS) is 20.4. The zero-order chi connectivity index (χ0) is 18.9. The molecule has 1 saturated heterocycles. The quantitative estimate of drug-likeness (QED) is 0.749. The van der Waals surface area contributed by atoms with Gasteiger partial charge in [0, 0.05) is 30.6 Å². The average Bonchev–Trinajstić information content (AvgIpc) is 3.20. The van der Waals surface area contributed by atoms with Gasteiger partial charge in [-0.15, -0.1) is 0 Å². The molecule has 1 unspecified atom stereocenters. The molecule has 6 nitrogen and oxygen atoms in total. The summed E-state index contributed by atoms with van der Waals surface area (Å²) >= 11 is 1.20. The maximum Gasteiger partial charge on any atom is 0.271 e. The van der Waals surface area contributed by atoms with E-state index in [1.165, 1.54) is 17.6 Å². The van der Waals surface area contributed by atoms with Crippen LogP contribution in [0.2, 0.25) is 0 Å². The lowest BCUT2D eigenvalue weighted by molar-refractivity contribution is 0.315. The molecule has 0 spiro atoms. The van der Waals surface area contributed by atoms with E-state index in [1.807, 2.05) is 20.2 Å². The van der Waals surface area contributed by atoms with Crippen molar-refractivity contribution in [3.63, 3.8) is 0 Å². The number of benzene rings is 1. The molecule has 142 valence electrons. The van der Waals surface area contributed by atoms with Gasteiger partial charge in [-0.1, -0.05) is 0 Å². The van der Waals surface area contributed by atoms with Gasteiger partial charge in [0.2, 0.25) is 5.43 Å². The number of aromatic nitrogens is 2. The van der Waals surface area contributed by atoms with Gasteiger partial charge in [0.25, 0.3) is 5.56 Å². The Morgan fingerprint density at radius 1 is 1.22 bits per heavy atom. The molecular formula is C19H21FN4O2S. The molecule has 0 bridgehead atoms. The number of rotatable bonds is 3. The van der Waals surface area contributed by atoms with Crippen molar-refractivity contribution in [2.24, 2.45) is 0 Å². The molecule has 1 aliphatic heterocycles. The summed E-state index contributed by atoms with van der Waals surface area (Å²) in [6.07, 6.45) is 3.01. The van der Waals surface area contributed by atoms with Crippen LogP contribution in [0.1, 0.15) is 25.3 Å². The van der Waals surface area contributed by atoms with Gasteiger partial charge in [0.05, 0.1) is 11.2 Å². The van der Waals surface area contributed by atoms with E-state index < -0.39 is 5.82 Å². The van der Waals surface area contributed by atoms with Crippen molar-refractivity contribution < 1.29 is 4.39 Å². The van der Waals surface area contributed by atoms with Gasteiger partial charge in [-0.2, -0.15) is 0 Å². The largest absolute Gasteiger partial charge is 0.367 e. The van der Waals surface area contributed by atoms with Crippen LogP contribution >= 0.6 is 11.5 Å². The second-order valence-electron chi connectivity index (χ2n) is 7.82. The van der Waals surface area contributed by atoms with Gasteiger partial charge in [-0.25, -0.2) is 4.39 Å². The number of fused-ring (bicyclic) bond motifs is 2. The number of nitrogens with one attached hydrogen (secondary N) is 1. The first kappa shape index (κ1) is 16.9. The Labute approximate surface area is 159 Å². The fraction of sp³-hybridized carbons (Fsp3) is 0.474. The fourth-order valence-corrected chi connectivity index (χ4v) is 5.08. The molecule has 3 aromatic rings. The van der Waals surface area contributed by atoms with Crippen LogP contribution in [0.15, 0.2) is 21.7 Å². The number of halogens is 1. The monoisotopic (exact) mass is 388 g/mol. The molecule has 2 aliphatic rings. The summed E-state index contributed by atoms with van der Waals surface area (Å²) in [5.74, 6) is -0.396. The maximum atomic E-state index is 15.0. The van der Waals surface area contributed by atoms with Crippen LogP contribution in [0.25, 0.3) is 21.1 Å². The highest BCUT2D eigenvalue weighted by Gasteiger charge is 2.31. The van der Waals surface area contributed by atoms with E-state index >= 15 is 0 Å². The first-order chi connectivity index (χ1) is 13.0. The number of aromatic amines is 1. The molecule has 1 aromatic carbocycles. The Morgan fingerprint density at radius 2 is 2.00 bits per heavy atom. The van der Waals surface area contributed by atoms with Crippen molar-refractivity contribution in [2.75, 3.05) is 32.1 Å². The summed E-state index contributed by atoms with van der Waals surface area (Å²) in [7, 11) is 4.08. The molecule has 1 N–H and O–H groups in total. The van der Waals surface area contributed by atoms with Crippen LogP contribution in [0, 0.1) is 5.82 Å². The highest BCUT2D eigenvalue weighted by atomic mass is 32.1. The molecule has 27 heavy (non-hydrogen) atoms. The minimum atomic E-state index is -0.396. The topological polar surface area (TPSA) is 61.3 Å². The molecule has 5 rings (SSSR count). The number of nitrogens with zero attached hydrogens (tertiary/aromatic N) is 3. The summed E-state index contributed by atoms with van der Waals surface area (Å²) in [5.41, 5.74) is 0.518. The van der Waals surface area contributed by atoms with Crippen molar-refractivity contribution in [3.05, 3.63) is 38.5 Å². The van der Waals surface area contributed by atoms with E-state index in [0.717, 1.165) is 37.9 Å². The summed E-state index contributed by atoms with van der Waals surface area (Å²) in [6.45, 7) is 1.56. The predicted octanol–water partition coefficient (Wildman–Crippen LogP) is 2.52. The molecule has 0 amide bonds. The minimum Gasteiger partial charge on any atom is -0.367 e. The molecule has 8 heteroatoms. The fourth-order valence-electron chi connectivity index (χ4n) is 4.16. The van der Waals surface area contributed by atoms with Crippen LogP contribution in [0.3, 0.4) is 0 Å². The van der Waals surface area contributed by atoms with Crippen LogP contribution in [0.5, 0.6) is 0 Å². The summed E-state index contributed by atoms with van der Waals surface area (Å²) in [6, 6.07) is 3.80. The van der Waals surface area contributed by atoms with Crippen molar-refractivity contribution in [2.45, 2.75) is 31.3 Å². The van der Waals surface area contributed by atoms with E-state index in [1.54, 1.807) is 0 Å². The van der Waals surface area contributed by atoms with Crippen LogP contribution < -0.4 is 15.9 Å². The van der Waals surface area contributed by atoms with Crippen LogP contribution in [-0.4, -0.2) is 47.1 Å². The number of hydrogen-bond acceptors (Lipinski definition) is 5. The molecule has 1 saturated carbocycles. The third kappa shape index (κ3) is 2.54. The van der Waals surface area contributed by atoms with Gasteiger partial charge in [-0.05, 0) is 57.0 Å². The molecule has 1 atom stereocenters. The predicted molar refractivity (Wildman–Crippen MR) is 107 cm³/mol. The lowest BCUT2D eigenvalue weighted by Gasteiger charge is -2.23. The van der Waals surface area contributed by atoms with Crippen molar-refractivity contribution in [1.82, 2.24) is 13.8 Å². The number of anilines is 1. The Bertz CT molecular complexity index is 1170. The average molecular weight is 388 g/mol. The second kappa shape index (κ2) is 5.90. The Morgan fingerprint density at radius 3 is 2.67 bits per heavy atom. The molecule has 3 heterocycles. The third-order valence-corrected chi connectivity index (χ3v) is 6.72. The molecule has 1 aliphatic carbocycles. The number of hydrogen-bond donors (Lipinski definition) is 1. The van der Waals surface area contributed by atoms with Gasteiger partial charge in [-0.3, -0.25) is 14.0 Å². The highest BCUT2D eigenvalue weighted by molar-refractivity contribution is 7.12. The zero-order valence-electron chi connectivity index (χ0n) is 15.3. The van der Waals surface area contributed by atoms with Gasteiger partial charge in [0.15, 0.2) is 0 Å². The molecule has 2 aromatic heterocycles. The Balaban J connectivity index is 1.76. The molecule has 0 radical (unpaired) electrons. The lowest BCUT2D eigenvalue weighted by atomic mass is 10.1. The van der Waals surface area contributed by atoms with Gasteiger partial charge in [0.1, 0.15) is 16.0 Å². The van der Waals surface area contributed by atoms with E-state index in [0.29, 0.717) is 21.9 Å². The first-order valence-corrected chi connectivity index (χ1v) is 10.1. The van der Waals surface area contributed by atoms with Crippen molar-refractivity contribution in [3.8, 4) is 0 Å². The Hall–Kier alpha value is -2.19. The third-order valence-electron chi connectivity index (χ3n) is 5.84. The van der Waals surface area contributed by atoms with Crippen LogP contribution in [-0.2, 0) is 0 Å². The smallest absolute Gasteiger partial charge is 0.271 e. The number of likely N-dealkylation sites (N-methyl/N-ethyl adjacent to an activating group) is 1. The molecular weight excluding hydrogens is 367 g/mol. The first-order valence-electron chi connectivity index (χ1n) is 9.26. The van der Waals surface area contributed by atoms with Crippen LogP contribution in [0.4, 0.5) is 10.1 Å². The highest BCUT2D eigenvalue weighted by Crippen LogP contribution is 2.41. The molecule has 2 fully saturated rings. The summed E-state index contributed by atoms with van der Waals surface area (Å²) < 4.78 is 19.7. The van der Waals surface area contributed by atoms with E-state index in [-0.39, 0.29) is 22.4 Å². The SMILES string of the molecule is CN(C)C1CCN(c2cc3c(cc2F)c(=O)c2c(=O)[nH]sc2n3C2CC2)C1. The summed E-state index contributed by atoms with van der Waals surface area (Å²) in [5, 5.41) is 0.448. The van der Waals surface area contributed by atoms with Gasteiger partial charge < -0.3 is 14.4 Å². The second-order valence-corrected chi connectivity index (χ2v) is 8.61. The minimum absolute atomic E-state index is 0.153.